The average molecular weight is 380 g/mol. The van der Waals surface area contributed by atoms with Gasteiger partial charge in [-0.2, -0.15) is 0 Å². The van der Waals surface area contributed by atoms with Crippen LogP contribution in [-0.2, 0) is 0 Å². The maximum atomic E-state index is 6.16. The Bertz CT molecular complexity index is 741. The second-order valence-corrected chi connectivity index (χ2v) is 6.34. The molecule has 25 heavy (non-hydrogen) atoms. The Hall–Kier alpha value is -1.98. The van der Waals surface area contributed by atoms with E-state index in [1.165, 1.54) is 0 Å². The number of nitrogens with two attached hydrogens (primary N) is 1. The first-order chi connectivity index (χ1) is 11.9. The smallest absolute Gasteiger partial charge is 0.161 e. The van der Waals surface area contributed by atoms with Gasteiger partial charge < -0.3 is 19.9 Å². The number of thiocarbonyl (C=S) groups is 1. The Labute approximate surface area is 158 Å². The van der Waals surface area contributed by atoms with Crippen LogP contribution in [0.1, 0.15) is 23.6 Å². The molecular weight excluding hydrogens is 358 g/mol. The highest BCUT2D eigenvalue weighted by Crippen LogP contribution is 2.29. The van der Waals surface area contributed by atoms with E-state index in [-0.39, 0.29) is 0 Å². The zero-order valence-corrected chi connectivity index (χ0v) is 16.2. The Morgan fingerprint density at radius 3 is 2.24 bits per heavy atom. The summed E-state index contributed by atoms with van der Waals surface area (Å²) in [6, 6.07) is 9.23. The third kappa shape index (κ3) is 5.25. The molecule has 0 aliphatic heterocycles. The number of rotatable bonds is 8. The van der Waals surface area contributed by atoms with E-state index in [4.69, 9.17) is 43.8 Å². The van der Waals surface area contributed by atoms with Gasteiger partial charge in [0.25, 0.3) is 0 Å². The van der Waals surface area contributed by atoms with Gasteiger partial charge >= 0.3 is 0 Å². The van der Waals surface area contributed by atoms with Crippen LogP contribution in [0.5, 0.6) is 17.2 Å². The van der Waals surface area contributed by atoms with Crippen LogP contribution in [0.25, 0.3) is 0 Å². The molecule has 134 valence electrons. The van der Waals surface area contributed by atoms with Gasteiger partial charge in [0.15, 0.2) is 11.5 Å². The molecule has 0 bridgehead atoms. The largest absolute Gasteiger partial charge is 0.490 e. The summed E-state index contributed by atoms with van der Waals surface area (Å²) in [5.41, 5.74) is 8.38. The standard InChI is InChI=1S/C19H22ClNO3S/c1-4-22-17-11-14(19(21)25)5-6-16(17)24-8-7-23-15-9-12(2)18(20)13(3)10-15/h5-6,9-11H,4,7-8H2,1-3H3,(H2,21,25). The molecule has 2 aromatic carbocycles. The minimum Gasteiger partial charge on any atom is -0.490 e. The van der Waals surface area contributed by atoms with Gasteiger partial charge in [-0.25, -0.2) is 0 Å². The zero-order valence-electron chi connectivity index (χ0n) is 14.6. The first kappa shape index (κ1) is 19.3. The molecule has 6 heteroatoms. The highest BCUT2D eigenvalue weighted by molar-refractivity contribution is 7.80. The van der Waals surface area contributed by atoms with E-state index in [2.05, 4.69) is 0 Å². The molecule has 0 amide bonds. The van der Waals surface area contributed by atoms with Gasteiger partial charge in [0.05, 0.1) is 6.61 Å². The van der Waals surface area contributed by atoms with Gasteiger partial charge in [0.2, 0.25) is 0 Å². The van der Waals surface area contributed by atoms with Crippen molar-refractivity contribution in [1.29, 1.82) is 0 Å². The topological polar surface area (TPSA) is 53.7 Å². The predicted octanol–water partition coefficient (Wildman–Crippen LogP) is 4.45. The normalized spacial score (nSPS) is 10.4. The van der Waals surface area contributed by atoms with E-state index in [1.54, 1.807) is 12.1 Å². The Morgan fingerprint density at radius 2 is 1.64 bits per heavy atom. The van der Waals surface area contributed by atoms with Crippen LogP contribution in [-0.4, -0.2) is 24.8 Å². The summed E-state index contributed by atoms with van der Waals surface area (Å²) >= 11 is 11.2. The average Bonchev–Trinajstić information content (AvgIpc) is 2.57. The predicted molar refractivity (Wildman–Crippen MR) is 105 cm³/mol. The van der Waals surface area contributed by atoms with Crippen molar-refractivity contribution in [2.75, 3.05) is 19.8 Å². The number of aryl methyl sites for hydroxylation is 2. The monoisotopic (exact) mass is 379 g/mol. The van der Waals surface area contributed by atoms with Gasteiger partial charge in [-0.1, -0.05) is 23.8 Å². The van der Waals surface area contributed by atoms with Gasteiger partial charge in [-0.15, -0.1) is 0 Å². The number of ether oxygens (including phenoxy) is 3. The summed E-state index contributed by atoms with van der Waals surface area (Å²) in [4.78, 5) is 0.323. The molecule has 2 N–H and O–H groups in total. The molecule has 0 unspecified atom stereocenters. The summed E-state index contributed by atoms with van der Waals surface area (Å²) < 4.78 is 17.1. The Balaban J connectivity index is 1.96. The second-order valence-electron chi connectivity index (χ2n) is 5.53. The highest BCUT2D eigenvalue weighted by Gasteiger charge is 2.08. The SMILES string of the molecule is CCOc1cc(C(N)=S)ccc1OCCOc1cc(C)c(Cl)c(C)c1. The zero-order chi connectivity index (χ0) is 18.4. The van der Waals surface area contributed by atoms with E-state index in [1.807, 2.05) is 39.0 Å². The maximum Gasteiger partial charge on any atom is 0.161 e. The van der Waals surface area contributed by atoms with Crippen molar-refractivity contribution in [2.24, 2.45) is 5.73 Å². The number of halogens is 1. The summed E-state index contributed by atoms with van der Waals surface area (Å²) in [5.74, 6) is 2.02. The van der Waals surface area contributed by atoms with Gasteiger partial charge in [0.1, 0.15) is 24.0 Å². The Morgan fingerprint density at radius 1 is 1.00 bits per heavy atom. The van der Waals surface area contributed by atoms with Crippen LogP contribution in [0.4, 0.5) is 0 Å². The third-order valence-electron chi connectivity index (χ3n) is 3.55. The maximum absolute atomic E-state index is 6.16. The molecule has 0 saturated heterocycles. The second kappa shape index (κ2) is 8.92. The summed E-state index contributed by atoms with van der Waals surface area (Å²) in [5, 5.41) is 0.767. The van der Waals surface area contributed by atoms with E-state index in [9.17, 15) is 0 Å². The summed E-state index contributed by atoms with van der Waals surface area (Å²) in [7, 11) is 0. The lowest BCUT2D eigenvalue weighted by Crippen LogP contribution is -2.12. The van der Waals surface area contributed by atoms with E-state index in [0.717, 1.165) is 27.5 Å². The lowest BCUT2D eigenvalue weighted by molar-refractivity contribution is 0.208. The van der Waals surface area contributed by atoms with Gasteiger partial charge in [0, 0.05) is 10.6 Å². The number of benzene rings is 2. The Kier molecular flexibility index (Phi) is 6.91. The summed E-state index contributed by atoms with van der Waals surface area (Å²) in [6.45, 7) is 7.13. The number of hydrogen-bond donors (Lipinski definition) is 1. The van der Waals surface area contributed by atoms with E-state index < -0.39 is 0 Å². The lowest BCUT2D eigenvalue weighted by atomic mass is 10.1. The molecule has 2 aromatic rings. The quantitative estimate of drug-likeness (QED) is 0.542. The van der Waals surface area contributed by atoms with Crippen molar-refractivity contribution in [1.82, 2.24) is 0 Å². The molecular formula is C19H22ClNO3S. The van der Waals surface area contributed by atoms with Crippen LogP contribution in [0, 0.1) is 13.8 Å². The van der Waals surface area contributed by atoms with Crippen molar-refractivity contribution in [3.63, 3.8) is 0 Å². The molecule has 0 spiro atoms. The molecule has 0 radical (unpaired) electrons. The van der Waals surface area contributed by atoms with Gasteiger partial charge in [-0.3, -0.25) is 0 Å². The van der Waals surface area contributed by atoms with Crippen LogP contribution in [0.2, 0.25) is 5.02 Å². The molecule has 0 heterocycles. The fourth-order valence-electron chi connectivity index (χ4n) is 2.35. The van der Waals surface area contributed by atoms with E-state index >= 15 is 0 Å². The molecule has 0 aliphatic rings. The van der Waals surface area contributed by atoms with Crippen LogP contribution >= 0.6 is 23.8 Å². The molecule has 4 nitrogen and oxygen atoms in total. The van der Waals surface area contributed by atoms with Crippen LogP contribution in [0.15, 0.2) is 30.3 Å². The minimum atomic E-state index is 0.323. The van der Waals surface area contributed by atoms with Crippen molar-refractivity contribution < 1.29 is 14.2 Å². The minimum absolute atomic E-state index is 0.323. The fourth-order valence-corrected chi connectivity index (χ4v) is 2.59. The number of hydrogen-bond acceptors (Lipinski definition) is 4. The van der Waals surface area contributed by atoms with Crippen LogP contribution in [0.3, 0.4) is 0 Å². The van der Waals surface area contributed by atoms with Crippen molar-refractivity contribution in [3.05, 3.63) is 52.0 Å². The van der Waals surface area contributed by atoms with Crippen molar-refractivity contribution >= 4 is 28.8 Å². The molecule has 0 fully saturated rings. The lowest BCUT2D eigenvalue weighted by Gasteiger charge is -2.14. The third-order valence-corrected chi connectivity index (χ3v) is 4.38. The molecule has 0 atom stereocenters. The van der Waals surface area contributed by atoms with Crippen LogP contribution < -0.4 is 19.9 Å². The van der Waals surface area contributed by atoms with Crippen molar-refractivity contribution in [3.8, 4) is 17.2 Å². The molecule has 0 saturated carbocycles. The first-order valence-corrected chi connectivity index (χ1v) is 8.80. The summed E-state index contributed by atoms with van der Waals surface area (Å²) in [6.07, 6.45) is 0. The highest BCUT2D eigenvalue weighted by atomic mass is 35.5. The fraction of sp³-hybridized carbons (Fsp3) is 0.316. The molecule has 2 rings (SSSR count). The van der Waals surface area contributed by atoms with Crippen molar-refractivity contribution in [2.45, 2.75) is 20.8 Å². The van der Waals surface area contributed by atoms with Gasteiger partial charge in [-0.05, 0) is 62.2 Å². The first-order valence-electron chi connectivity index (χ1n) is 8.01. The molecule has 0 aliphatic carbocycles. The molecule has 0 aromatic heterocycles. The van der Waals surface area contributed by atoms with E-state index in [0.29, 0.717) is 36.3 Å².